The van der Waals surface area contributed by atoms with Crippen LogP contribution in [0.5, 0.6) is 0 Å². The Morgan fingerprint density at radius 1 is 1.00 bits per heavy atom. The van der Waals surface area contributed by atoms with E-state index in [9.17, 15) is 0 Å². The van der Waals surface area contributed by atoms with Crippen LogP contribution < -0.4 is 4.90 Å². The van der Waals surface area contributed by atoms with Crippen LogP contribution >= 0.6 is 12.2 Å². The molecule has 78 valence electrons. The number of hydrogen-bond acceptors (Lipinski definition) is 4. The Morgan fingerprint density at radius 2 is 1.23 bits per heavy atom. The lowest BCUT2D eigenvalue weighted by Crippen LogP contribution is -3.13. The Bertz CT molecular complexity index is 115. The summed E-state index contributed by atoms with van der Waals surface area (Å²) in [6, 6.07) is 0. The van der Waals surface area contributed by atoms with Crippen molar-refractivity contribution in [1.82, 2.24) is 0 Å². The van der Waals surface area contributed by atoms with Crippen molar-refractivity contribution in [2.24, 2.45) is 0 Å². The molecule has 0 saturated heterocycles. The zero-order valence-electron chi connectivity index (χ0n) is 7.44. The van der Waals surface area contributed by atoms with E-state index in [1.807, 2.05) is 0 Å². The predicted molar refractivity (Wildman–Crippen MR) is 52.8 cm³/mol. The largest absolute Gasteiger partial charge is 0.753 e. The molecule has 0 spiro atoms. The van der Waals surface area contributed by atoms with Crippen LogP contribution in [0.25, 0.3) is 5.41 Å². The normalized spacial score (nSPS) is 8.92. The number of aliphatic hydroxyl groups excluding tert-OH is 3. The molecule has 13 heavy (non-hydrogen) atoms. The first-order valence-corrected chi connectivity index (χ1v) is 4.35. The van der Waals surface area contributed by atoms with Gasteiger partial charge in [0.05, 0.1) is 19.8 Å². The molecule has 5 nitrogen and oxygen atoms in total. The maximum atomic E-state index is 8.51. The quantitative estimate of drug-likeness (QED) is 0.287. The lowest BCUT2D eigenvalue weighted by Gasteiger charge is -2.15. The van der Waals surface area contributed by atoms with Gasteiger partial charge < -0.3 is 25.6 Å². The molecule has 0 radical (unpaired) electrons. The van der Waals surface area contributed by atoms with Crippen LogP contribution in [0.4, 0.5) is 0 Å². The van der Waals surface area contributed by atoms with Crippen molar-refractivity contribution in [3.63, 3.8) is 0 Å². The van der Waals surface area contributed by atoms with E-state index in [1.54, 1.807) is 0 Å². The highest BCUT2D eigenvalue weighted by Crippen LogP contribution is 1.52. The molecular weight excluding hydrogens is 192 g/mol. The third kappa shape index (κ3) is 14.5. The van der Waals surface area contributed by atoms with Crippen LogP contribution in [-0.2, 0) is 0 Å². The summed E-state index contributed by atoms with van der Waals surface area (Å²) in [7, 11) is 0. The summed E-state index contributed by atoms with van der Waals surface area (Å²) in [5.41, 5.74) is 0. The van der Waals surface area contributed by atoms with Crippen LogP contribution in [0.2, 0.25) is 0 Å². The second kappa shape index (κ2) is 14.2. The van der Waals surface area contributed by atoms with E-state index in [2.05, 4.69) is 12.2 Å². The minimum atomic E-state index is 0.106. The van der Waals surface area contributed by atoms with Gasteiger partial charge in [-0.15, -0.1) is 0 Å². The van der Waals surface area contributed by atoms with Gasteiger partial charge in [-0.25, -0.2) is 0 Å². The van der Waals surface area contributed by atoms with Gasteiger partial charge in [0.25, 0.3) is 0 Å². The van der Waals surface area contributed by atoms with Crippen LogP contribution in [0, 0.1) is 0 Å². The maximum absolute atomic E-state index is 8.51. The van der Waals surface area contributed by atoms with E-state index in [-0.39, 0.29) is 19.8 Å². The number of nitrogens with zero attached hydrogens (tertiary/aromatic N) is 1. The van der Waals surface area contributed by atoms with E-state index < -0.39 is 0 Å². The van der Waals surface area contributed by atoms with Crippen LogP contribution in [0.1, 0.15) is 0 Å². The number of isothiocyanates is 1. The summed E-state index contributed by atoms with van der Waals surface area (Å²) in [5.74, 6) is 0. The molecule has 0 bridgehead atoms. The molecule has 0 saturated carbocycles. The van der Waals surface area contributed by atoms with Gasteiger partial charge in [0, 0.05) is 0 Å². The van der Waals surface area contributed by atoms with Gasteiger partial charge >= 0.3 is 0 Å². The summed E-state index contributed by atoms with van der Waals surface area (Å²) in [4.78, 5) is 1.03. The molecule has 4 N–H and O–H groups in total. The van der Waals surface area contributed by atoms with Crippen LogP contribution in [0.3, 0.4) is 0 Å². The van der Waals surface area contributed by atoms with Gasteiger partial charge in [-0.05, 0) is 0 Å². The Morgan fingerprint density at radius 3 is 1.38 bits per heavy atom. The number of hydrogen-bond donors (Lipinski definition) is 4. The highest BCUT2D eigenvalue weighted by Gasteiger charge is 2.03. The third-order valence-electron chi connectivity index (χ3n) is 1.40. The number of aliphatic hydroxyl groups is 3. The van der Waals surface area contributed by atoms with Gasteiger partial charge in [-0.3, -0.25) is 0 Å². The highest BCUT2D eigenvalue weighted by molar-refractivity contribution is 7.78. The molecule has 0 aromatic heterocycles. The number of rotatable bonds is 6. The smallest absolute Gasteiger partial charge is 0.101 e. The number of quaternary nitrogens is 1. The Labute approximate surface area is 83.1 Å². The predicted octanol–water partition coefficient (Wildman–Crippen LogP) is -2.49. The Hall–Kier alpha value is -0.360. The first kappa shape index (κ1) is 15.1. The van der Waals surface area contributed by atoms with Crippen molar-refractivity contribution in [3.05, 3.63) is 5.41 Å². The molecule has 0 heterocycles. The zero-order valence-corrected chi connectivity index (χ0v) is 8.26. The van der Waals surface area contributed by atoms with E-state index in [0.29, 0.717) is 19.6 Å². The topological polar surface area (TPSA) is 87.4 Å². The first-order valence-electron chi connectivity index (χ1n) is 3.94. The lowest BCUT2D eigenvalue weighted by atomic mass is 10.4. The zero-order chi connectivity index (χ0) is 10.5. The van der Waals surface area contributed by atoms with E-state index in [1.165, 1.54) is 5.16 Å². The average Bonchev–Trinajstić information content (AvgIpc) is 2.07. The monoisotopic (exact) mass is 208 g/mol. The van der Waals surface area contributed by atoms with Crippen molar-refractivity contribution in [2.45, 2.75) is 0 Å². The maximum Gasteiger partial charge on any atom is 0.101 e. The fraction of sp³-hybridized carbons (Fsp3) is 0.857. The molecule has 0 fully saturated rings. The molecule has 0 aliphatic carbocycles. The van der Waals surface area contributed by atoms with Gasteiger partial charge in [-0.2, -0.15) is 5.16 Å². The average molecular weight is 208 g/mol. The Kier molecular flexibility index (Phi) is 16.5. The van der Waals surface area contributed by atoms with Gasteiger partial charge in [-0.1, -0.05) is 12.2 Å². The minimum Gasteiger partial charge on any atom is -0.753 e. The SMILES string of the molecule is OCC[NH+](CCO)CCO.[N-]=C=S. The van der Waals surface area contributed by atoms with Crippen LogP contribution in [-0.4, -0.2) is 59.9 Å². The molecule has 0 aromatic rings. The molecule has 0 atom stereocenters. The van der Waals surface area contributed by atoms with Crippen molar-refractivity contribution >= 4 is 17.4 Å². The summed E-state index contributed by atoms with van der Waals surface area (Å²) in [6.45, 7) is 2.11. The second-order valence-corrected chi connectivity index (χ2v) is 2.44. The molecule has 0 aliphatic heterocycles. The van der Waals surface area contributed by atoms with Gasteiger partial charge in [0.1, 0.15) is 19.6 Å². The van der Waals surface area contributed by atoms with Crippen molar-refractivity contribution in [3.8, 4) is 0 Å². The summed E-state index contributed by atoms with van der Waals surface area (Å²) < 4.78 is 0. The second-order valence-electron chi connectivity index (χ2n) is 2.26. The third-order valence-corrected chi connectivity index (χ3v) is 1.40. The fourth-order valence-corrected chi connectivity index (χ4v) is 0.849. The number of thiocarbonyl (C=S) groups is 1. The summed E-state index contributed by atoms with van der Waals surface area (Å²) in [6.07, 6.45) is 0. The standard InChI is InChI=1S/C6H15NO3.CNS/c8-4-1-7(2-5-9)3-6-10;2-1-3/h8-10H,1-6H2;/q;-1/p+1. The lowest BCUT2D eigenvalue weighted by molar-refractivity contribution is -0.901. The van der Waals surface area contributed by atoms with Crippen molar-refractivity contribution < 1.29 is 20.2 Å². The Balaban J connectivity index is 0. The first-order chi connectivity index (χ1) is 6.26. The molecule has 0 unspecified atom stereocenters. The molecule has 0 rings (SSSR count). The summed E-state index contributed by atoms with van der Waals surface area (Å²) in [5, 5.41) is 34.0. The highest BCUT2D eigenvalue weighted by atomic mass is 32.1. The summed E-state index contributed by atoms with van der Waals surface area (Å²) >= 11 is 3.70. The van der Waals surface area contributed by atoms with Gasteiger partial charge in [0.2, 0.25) is 0 Å². The molecule has 0 aromatic carbocycles. The van der Waals surface area contributed by atoms with E-state index in [0.717, 1.165) is 4.90 Å². The van der Waals surface area contributed by atoms with Gasteiger partial charge in [0.15, 0.2) is 0 Å². The molecule has 0 aliphatic rings. The number of nitrogens with one attached hydrogen (secondary N) is 1. The fourth-order valence-electron chi connectivity index (χ4n) is 0.849. The molecule has 0 amide bonds. The minimum absolute atomic E-state index is 0.106. The molecule has 6 heteroatoms. The van der Waals surface area contributed by atoms with Crippen molar-refractivity contribution in [2.75, 3.05) is 39.5 Å². The van der Waals surface area contributed by atoms with E-state index in [4.69, 9.17) is 20.7 Å². The molecular formula is C7H16N2O3S. The van der Waals surface area contributed by atoms with Crippen LogP contribution in [0.15, 0.2) is 0 Å². The van der Waals surface area contributed by atoms with E-state index >= 15 is 0 Å². The van der Waals surface area contributed by atoms with Crippen molar-refractivity contribution in [1.29, 1.82) is 0 Å².